The van der Waals surface area contributed by atoms with Gasteiger partial charge in [0.2, 0.25) is 0 Å². The number of fused-ring (bicyclic) bond motifs is 1. The lowest BCUT2D eigenvalue weighted by Gasteiger charge is -2.09. The molecule has 0 aliphatic rings. The number of methoxy groups -OCH3 is 1. The number of para-hydroxylation sites is 2. The van der Waals surface area contributed by atoms with Crippen LogP contribution in [0.3, 0.4) is 0 Å². The van der Waals surface area contributed by atoms with Crippen molar-refractivity contribution in [2.24, 2.45) is 0 Å². The van der Waals surface area contributed by atoms with Gasteiger partial charge >= 0.3 is 0 Å². The monoisotopic (exact) mass is 275 g/mol. The molecule has 4 heteroatoms. The highest BCUT2D eigenvalue weighted by molar-refractivity contribution is 5.75. The molecule has 20 heavy (non-hydrogen) atoms. The standard InChI is InChI=1S/C16H25N3O/c1-3-7-16-18-14-8-4-5-9-15(14)19(16)12-6-10-17-11-13-20-2/h4-5,8-9,17H,3,6-7,10-13H2,1-2H3. The number of hydrogen-bond acceptors (Lipinski definition) is 3. The number of aryl methyl sites for hydroxylation is 2. The lowest BCUT2D eigenvalue weighted by molar-refractivity contribution is 0.199. The van der Waals surface area contributed by atoms with Crippen LogP contribution in [0.5, 0.6) is 0 Å². The van der Waals surface area contributed by atoms with Crippen LogP contribution in [0.25, 0.3) is 11.0 Å². The van der Waals surface area contributed by atoms with E-state index in [4.69, 9.17) is 9.72 Å². The molecule has 110 valence electrons. The molecule has 0 unspecified atom stereocenters. The Morgan fingerprint density at radius 1 is 1.25 bits per heavy atom. The molecule has 1 aromatic carbocycles. The van der Waals surface area contributed by atoms with E-state index in [2.05, 4.69) is 41.1 Å². The number of imidazole rings is 1. The zero-order valence-electron chi connectivity index (χ0n) is 12.6. The highest BCUT2D eigenvalue weighted by Gasteiger charge is 2.08. The van der Waals surface area contributed by atoms with E-state index in [0.29, 0.717) is 0 Å². The number of nitrogens with zero attached hydrogens (tertiary/aromatic N) is 2. The number of aromatic nitrogens is 2. The molecule has 0 atom stereocenters. The van der Waals surface area contributed by atoms with Crippen LogP contribution in [0.4, 0.5) is 0 Å². The van der Waals surface area contributed by atoms with Gasteiger partial charge in [0.05, 0.1) is 17.6 Å². The van der Waals surface area contributed by atoms with Crippen molar-refractivity contribution >= 4 is 11.0 Å². The van der Waals surface area contributed by atoms with Crippen molar-refractivity contribution in [1.29, 1.82) is 0 Å². The molecule has 0 bridgehead atoms. The number of benzene rings is 1. The van der Waals surface area contributed by atoms with Crippen LogP contribution in [-0.4, -0.2) is 36.4 Å². The van der Waals surface area contributed by atoms with Crippen molar-refractivity contribution in [3.63, 3.8) is 0 Å². The van der Waals surface area contributed by atoms with E-state index in [1.54, 1.807) is 7.11 Å². The van der Waals surface area contributed by atoms with Gasteiger partial charge < -0.3 is 14.6 Å². The van der Waals surface area contributed by atoms with Gasteiger partial charge in [-0.15, -0.1) is 0 Å². The van der Waals surface area contributed by atoms with Crippen LogP contribution in [0.2, 0.25) is 0 Å². The zero-order valence-corrected chi connectivity index (χ0v) is 12.6. The lowest BCUT2D eigenvalue weighted by Crippen LogP contribution is -2.21. The summed E-state index contributed by atoms with van der Waals surface area (Å²) < 4.78 is 7.40. The number of ether oxygens (including phenoxy) is 1. The fraction of sp³-hybridized carbons (Fsp3) is 0.562. The minimum Gasteiger partial charge on any atom is -0.383 e. The maximum Gasteiger partial charge on any atom is 0.109 e. The number of nitrogens with one attached hydrogen (secondary N) is 1. The zero-order chi connectivity index (χ0) is 14.2. The van der Waals surface area contributed by atoms with E-state index in [9.17, 15) is 0 Å². The van der Waals surface area contributed by atoms with E-state index in [-0.39, 0.29) is 0 Å². The fourth-order valence-electron chi connectivity index (χ4n) is 2.45. The van der Waals surface area contributed by atoms with Gasteiger partial charge in [0.1, 0.15) is 5.82 Å². The molecule has 1 N–H and O–H groups in total. The first-order valence-electron chi connectivity index (χ1n) is 7.50. The Bertz CT molecular complexity index is 521. The molecule has 0 saturated heterocycles. The van der Waals surface area contributed by atoms with Gasteiger partial charge in [0, 0.05) is 26.6 Å². The summed E-state index contributed by atoms with van der Waals surface area (Å²) in [6.45, 7) is 5.94. The van der Waals surface area contributed by atoms with Gasteiger partial charge in [-0.05, 0) is 31.5 Å². The quantitative estimate of drug-likeness (QED) is 0.715. The number of rotatable bonds is 9. The lowest BCUT2D eigenvalue weighted by atomic mass is 10.3. The Labute approximate surface area is 121 Å². The molecule has 0 saturated carbocycles. The van der Waals surface area contributed by atoms with E-state index in [1.807, 2.05) is 0 Å². The fourth-order valence-corrected chi connectivity index (χ4v) is 2.45. The minimum absolute atomic E-state index is 0.773. The normalized spacial score (nSPS) is 11.3. The van der Waals surface area contributed by atoms with Gasteiger partial charge in [0.25, 0.3) is 0 Å². The Morgan fingerprint density at radius 3 is 2.90 bits per heavy atom. The van der Waals surface area contributed by atoms with Crippen LogP contribution >= 0.6 is 0 Å². The second kappa shape index (κ2) is 8.02. The summed E-state index contributed by atoms with van der Waals surface area (Å²) in [5.41, 5.74) is 2.37. The Morgan fingerprint density at radius 2 is 2.10 bits per heavy atom. The van der Waals surface area contributed by atoms with Crippen LogP contribution < -0.4 is 5.32 Å². The summed E-state index contributed by atoms with van der Waals surface area (Å²) in [6.07, 6.45) is 3.29. The van der Waals surface area contributed by atoms with Crippen molar-refractivity contribution in [2.45, 2.75) is 32.7 Å². The van der Waals surface area contributed by atoms with Crippen molar-refractivity contribution in [3.05, 3.63) is 30.1 Å². The van der Waals surface area contributed by atoms with Crippen molar-refractivity contribution in [1.82, 2.24) is 14.9 Å². The van der Waals surface area contributed by atoms with Crippen LogP contribution in [0, 0.1) is 0 Å². The first-order valence-corrected chi connectivity index (χ1v) is 7.50. The van der Waals surface area contributed by atoms with E-state index in [0.717, 1.165) is 51.0 Å². The molecular formula is C16H25N3O. The molecule has 2 aromatic rings. The SMILES string of the molecule is CCCc1nc2ccccc2n1CCCNCCOC. The van der Waals surface area contributed by atoms with Crippen molar-refractivity contribution in [3.8, 4) is 0 Å². The third-order valence-corrected chi connectivity index (χ3v) is 3.43. The molecule has 1 heterocycles. The van der Waals surface area contributed by atoms with Crippen LogP contribution in [0.15, 0.2) is 24.3 Å². The van der Waals surface area contributed by atoms with E-state index >= 15 is 0 Å². The van der Waals surface area contributed by atoms with Crippen LogP contribution in [-0.2, 0) is 17.7 Å². The van der Waals surface area contributed by atoms with Crippen molar-refractivity contribution < 1.29 is 4.74 Å². The predicted octanol–water partition coefficient (Wildman–Crippen LogP) is 2.61. The van der Waals surface area contributed by atoms with Gasteiger partial charge in [0.15, 0.2) is 0 Å². The third-order valence-electron chi connectivity index (χ3n) is 3.43. The summed E-state index contributed by atoms with van der Waals surface area (Å²) in [6, 6.07) is 8.41. The summed E-state index contributed by atoms with van der Waals surface area (Å²) in [4.78, 5) is 4.75. The largest absolute Gasteiger partial charge is 0.383 e. The summed E-state index contributed by atoms with van der Waals surface area (Å²) in [7, 11) is 1.73. The summed E-state index contributed by atoms with van der Waals surface area (Å²) >= 11 is 0. The smallest absolute Gasteiger partial charge is 0.109 e. The molecule has 2 rings (SSSR count). The predicted molar refractivity (Wildman–Crippen MR) is 83.1 cm³/mol. The minimum atomic E-state index is 0.773. The molecular weight excluding hydrogens is 250 g/mol. The molecule has 0 fully saturated rings. The number of hydrogen-bond donors (Lipinski definition) is 1. The third kappa shape index (κ3) is 3.81. The van der Waals surface area contributed by atoms with Crippen LogP contribution in [0.1, 0.15) is 25.6 Å². The average Bonchev–Trinajstić information content (AvgIpc) is 2.81. The molecule has 0 aliphatic heterocycles. The second-order valence-electron chi connectivity index (χ2n) is 5.01. The molecule has 0 amide bonds. The first-order chi connectivity index (χ1) is 9.86. The van der Waals surface area contributed by atoms with Gasteiger partial charge in [-0.3, -0.25) is 0 Å². The molecule has 1 aromatic heterocycles. The van der Waals surface area contributed by atoms with Gasteiger partial charge in [-0.2, -0.15) is 0 Å². The van der Waals surface area contributed by atoms with Gasteiger partial charge in [-0.25, -0.2) is 4.98 Å². The van der Waals surface area contributed by atoms with Crippen molar-refractivity contribution in [2.75, 3.05) is 26.8 Å². The maximum atomic E-state index is 5.03. The maximum absolute atomic E-state index is 5.03. The summed E-state index contributed by atoms with van der Waals surface area (Å²) in [5, 5.41) is 3.39. The molecule has 0 spiro atoms. The first kappa shape index (κ1) is 15.0. The van der Waals surface area contributed by atoms with Gasteiger partial charge in [-0.1, -0.05) is 19.1 Å². The second-order valence-corrected chi connectivity index (χ2v) is 5.01. The molecule has 0 radical (unpaired) electrons. The molecule has 4 nitrogen and oxygen atoms in total. The summed E-state index contributed by atoms with van der Waals surface area (Å²) in [5.74, 6) is 1.21. The highest BCUT2D eigenvalue weighted by Crippen LogP contribution is 2.17. The Hall–Kier alpha value is -1.39. The Balaban J connectivity index is 1.98. The average molecular weight is 275 g/mol. The Kier molecular flexibility index (Phi) is 6.02. The van der Waals surface area contributed by atoms with E-state index in [1.165, 1.54) is 11.3 Å². The van der Waals surface area contributed by atoms with E-state index < -0.39 is 0 Å². The topological polar surface area (TPSA) is 39.1 Å². The highest BCUT2D eigenvalue weighted by atomic mass is 16.5. The molecule has 0 aliphatic carbocycles.